The van der Waals surface area contributed by atoms with E-state index in [1.165, 1.54) is 7.11 Å². The average Bonchev–Trinajstić information content (AvgIpc) is 2.59. The van der Waals surface area contributed by atoms with Crippen LogP contribution in [0.15, 0.2) is 23.3 Å². The number of benzene rings is 1. The third-order valence-corrected chi connectivity index (χ3v) is 4.50. The number of phenols is 2. The number of rotatable bonds is 7. The first-order chi connectivity index (χ1) is 11.7. The lowest BCUT2D eigenvalue weighted by molar-refractivity contribution is -0.136. The molecule has 0 radical (unpaired) electrons. The van der Waals surface area contributed by atoms with E-state index in [2.05, 4.69) is 4.74 Å². The zero-order valence-electron chi connectivity index (χ0n) is 14.9. The molecule has 6 heteroatoms. The molecule has 0 bridgehead atoms. The van der Waals surface area contributed by atoms with Crippen molar-refractivity contribution in [1.82, 2.24) is 0 Å². The van der Waals surface area contributed by atoms with Crippen LogP contribution in [-0.4, -0.2) is 29.6 Å². The van der Waals surface area contributed by atoms with Gasteiger partial charge >= 0.3 is 5.97 Å². The number of allylic oxidation sites excluding steroid dienone is 3. The summed E-state index contributed by atoms with van der Waals surface area (Å²) in [4.78, 5) is 22.4. The molecule has 0 atom stereocenters. The molecule has 0 fully saturated rings. The first kappa shape index (κ1) is 20.8. The van der Waals surface area contributed by atoms with E-state index < -0.39 is 0 Å². The van der Waals surface area contributed by atoms with Gasteiger partial charge in [0.2, 0.25) is 0 Å². The van der Waals surface area contributed by atoms with Crippen LogP contribution in [0.25, 0.3) is 0 Å². The summed E-state index contributed by atoms with van der Waals surface area (Å²) in [5.41, 5.74) is 2.21. The molecule has 0 aliphatic heterocycles. The standard InChI is InChI=1S/C19H23ClO5/c1-11(6-5-7-12(2)19(24)25-4)8-9-14-17(22)15(10-21)13(3)16(20)18(14)23/h7-8,10,22-23H,5-6,9H2,1-4H3/b11-8+,12-7+. The van der Waals surface area contributed by atoms with Crippen molar-refractivity contribution in [3.63, 3.8) is 0 Å². The van der Waals surface area contributed by atoms with Crippen molar-refractivity contribution in [2.24, 2.45) is 0 Å². The third-order valence-electron chi connectivity index (χ3n) is 4.04. The number of phenolic OH excluding ortho intramolecular Hbond substituents is 2. The Morgan fingerprint density at radius 2 is 1.84 bits per heavy atom. The zero-order valence-corrected chi connectivity index (χ0v) is 15.6. The Labute approximate surface area is 152 Å². The van der Waals surface area contributed by atoms with Crippen LogP contribution in [0.3, 0.4) is 0 Å². The summed E-state index contributed by atoms with van der Waals surface area (Å²) in [6, 6.07) is 0. The molecular formula is C19H23ClO5. The monoisotopic (exact) mass is 366 g/mol. The molecular weight excluding hydrogens is 344 g/mol. The van der Waals surface area contributed by atoms with Crippen LogP contribution >= 0.6 is 11.6 Å². The van der Waals surface area contributed by atoms with Crippen LogP contribution in [-0.2, 0) is 16.0 Å². The maximum Gasteiger partial charge on any atom is 0.333 e. The van der Waals surface area contributed by atoms with Crippen molar-refractivity contribution in [3.8, 4) is 11.5 Å². The van der Waals surface area contributed by atoms with Gasteiger partial charge in [0, 0.05) is 11.1 Å². The highest BCUT2D eigenvalue weighted by molar-refractivity contribution is 6.33. The van der Waals surface area contributed by atoms with Gasteiger partial charge in [0.1, 0.15) is 11.5 Å². The van der Waals surface area contributed by atoms with Crippen molar-refractivity contribution in [1.29, 1.82) is 0 Å². The molecule has 0 saturated heterocycles. The van der Waals surface area contributed by atoms with Gasteiger partial charge in [-0.15, -0.1) is 0 Å². The van der Waals surface area contributed by atoms with Crippen LogP contribution in [0, 0.1) is 6.92 Å². The largest absolute Gasteiger partial charge is 0.507 e. The molecule has 0 unspecified atom stereocenters. The van der Waals surface area contributed by atoms with Crippen molar-refractivity contribution < 1.29 is 24.5 Å². The van der Waals surface area contributed by atoms with Gasteiger partial charge in [0.25, 0.3) is 0 Å². The lowest BCUT2D eigenvalue weighted by Gasteiger charge is -2.13. The van der Waals surface area contributed by atoms with Crippen LogP contribution in [0.1, 0.15) is 48.2 Å². The Balaban J connectivity index is 2.90. The predicted molar refractivity (Wildman–Crippen MR) is 97.4 cm³/mol. The maximum absolute atomic E-state index is 11.3. The Morgan fingerprint density at radius 3 is 2.40 bits per heavy atom. The summed E-state index contributed by atoms with van der Waals surface area (Å²) in [6.45, 7) is 5.16. The first-order valence-electron chi connectivity index (χ1n) is 7.83. The smallest absolute Gasteiger partial charge is 0.333 e. The summed E-state index contributed by atoms with van der Waals surface area (Å²) in [6.07, 6.45) is 5.77. The SMILES string of the molecule is COC(=O)/C(C)=C/CC/C(C)=C/Cc1c(O)c(Cl)c(C)c(C=O)c1O. The topological polar surface area (TPSA) is 83.8 Å². The van der Waals surface area contributed by atoms with Crippen molar-refractivity contribution in [2.75, 3.05) is 7.11 Å². The van der Waals surface area contributed by atoms with Crippen molar-refractivity contribution >= 4 is 23.9 Å². The molecule has 5 nitrogen and oxygen atoms in total. The van der Waals surface area contributed by atoms with E-state index in [9.17, 15) is 19.8 Å². The fraction of sp³-hybridized carbons (Fsp3) is 0.368. The first-order valence-corrected chi connectivity index (χ1v) is 8.21. The number of hydrogen-bond acceptors (Lipinski definition) is 5. The Bertz CT molecular complexity index is 732. The molecule has 25 heavy (non-hydrogen) atoms. The average molecular weight is 367 g/mol. The van der Waals surface area contributed by atoms with Crippen molar-refractivity contribution in [2.45, 2.75) is 40.0 Å². The quantitative estimate of drug-likeness (QED) is 0.326. The molecule has 2 N–H and O–H groups in total. The number of aromatic hydroxyl groups is 2. The van der Waals surface area contributed by atoms with Crippen molar-refractivity contribution in [3.05, 3.63) is 45.0 Å². The van der Waals surface area contributed by atoms with Gasteiger partial charge in [-0.1, -0.05) is 29.3 Å². The fourth-order valence-corrected chi connectivity index (χ4v) is 2.57. The van der Waals surface area contributed by atoms with Crippen LogP contribution in [0.2, 0.25) is 5.02 Å². The summed E-state index contributed by atoms with van der Waals surface area (Å²) < 4.78 is 4.63. The van der Waals surface area contributed by atoms with Gasteiger partial charge in [0.05, 0.1) is 17.7 Å². The van der Waals surface area contributed by atoms with E-state index >= 15 is 0 Å². The summed E-state index contributed by atoms with van der Waals surface area (Å²) in [7, 11) is 1.34. The van der Waals surface area contributed by atoms with E-state index in [4.69, 9.17) is 11.6 Å². The number of aldehydes is 1. The lowest BCUT2D eigenvalue weighted by atomic mass is 9.99. The molecule has 1 aromatic rings. The second-order valence-electron chi connectivity index (χ2n) is 5.82. The normalized spacial score (nSPS) is 12.2. The summed E-state index contributed by atoms with van der Waals surface area (Å²) in [5, 5.41) is 20.4. The van der Waals surface area contributed by atoms with Gasteiger partial charge in [0.15, 0.2) is 6.29 Å². The second-order valence-corrected chi connectivity index (χ2v) is 6.20. The minimum absolute atomic E-state index is 0.0672. The lowest BCUT2D eigenvalue weighted by Crippen LogP contribution is -2.01. The van der Waals surface area contributed by atoms with E-state index in [0.29, 0.717) is 30.3 Å². The van der Waals surface area contributed by atoms with E-state index in [0.717, 1.165) is 5.57 Å². The van der Waals surface area contributed by atoms with Crippen LogP contribution in [0.5, 0.6) is 11.5 Å². The van der Waals surface area contributed by atoms with E-state index in [1.807, 2.05) is 13.0 Å². The molecule has 1 aromatic carbocycles. The number of halogens is 1. The van der Waals surface area contributed by atoms with Gasteiger partial charge in [-0.25, -0.2) is 4.79 Å². The highest BCUT2D eigenvalue weighted by Gasteiger charge is 2.19. The van der Waals surface area contributed by atoms with Crippen LogP contribution < -0.4 is 0 Å². The highest BCUT2D eigenvalue weighted by Crippen LogP contribution is 2.40. The molecule has 1 rings (SSSR count). The van der Waals surface area contributed by atoms with Gasteiger partial charge < -0.3 is 14.9 Å². The Hall–Kier alpha value is -2.27. The number of esters is 1. The molecule has 0 amide bonds. The zero-order chi connectivity index (χ0) is 19.1. The summed E-state index contributed by atoms with van der Waals surface area (Å²) >= 11 is 6.02. The minimum atomic E-state index is -0.354. The highest BCUT2D eigenvalue weighted by atomic mass is 35.5. The molecule has 0 saturated carbocycles. The number of carbonyl (C=O) groups is 2. The fourth-order valence-electron chi connectivity index (χ4n) is 2.36. The molecule has 0 aromatic heterocycles. The number of ether oxygens (including phenoxy) is 1. The number of methoxy groups -OCH3 is 1. The Kier molecular flexibility index (Phi) is 7.71. The van der Waals surface area contributed by atoms with E-state index in [1.54, 1.807) is 19.9 Å². The third kappa shape index (κ3) is 5.10. The molecule has 0 aliphatic carbocycles. The van der Waals surface area contributed by atoms with Gasteiger partial charge in [-0.05, 0) is 45.6 Å². The van der Waals surface area contributed by atoms with Crippen LogP contribution in [0.4, 0.5) is 0 Å². The van der Waals surface area contributed by atoms with Gasteiger partial charge in [-0.3, -0.25) is 4.79 Å². The molecule has 0 heterocycles. The van der Waals surface area contributed by atoms with E-state index in [-0.39, 0.29) is 40.0 Å². The minimum Gasteiger partial charge on any atom is -0.507 e. The molecule has 136 valence electrons. The molecule has 0 spiro atoms. The second kappa shape index (κ2) is 9.28. The predicted octanol–water partition coefficient (Wildman–Crippen LogP) is 4.26. The number of hydrogen-bond donors (Lipinski definition) is 2. The Morgan fingerprint density at radius 1 is 1.20 bits per heavy atom. The molecule has 0 aliphatic rings. The number of carbonyl (C=O) groups excluding carboxylic acids is 2. The van der Waals surface area contributed by atoms with Gasteiger partial charge in [-0.2, -0.15) is 0 Å². The summed E-state index contributed by atoms with van der Waals surface area (Å²) in [5.74, 6) is -0.820. The maximum atomic E-state index is 11.3.